The van der Waals surface area contributed by atoms with Crippen LogP contribution in [0.1, 0.15) is 32.0 Å². The van der Waals surface area contributed by atoms with Gasteiger partial charge in [-0.3, -0.25) is 4.79 Å². The number of aromatic nitrogens is 3. The number of piperidine rings is 1. The van der Waals surface area contributed by atoms with Crippen LogP contribution in [0.25, 0.3) is 11.4 Å². The van der Waals surface area contributed by atoms with Gasteiger partial charge in [-0.15, -0.1) is 0 Å². The van der Waals surface area contributed by atoms with E-state index in [1.54, 1.807) is 4.68 Å². The number of aryl methyl sites for hydroxylation is 1. The summed E-state index contributed by atoms with van der Waals surface area (Å²) in [6, 6.07) is 10.2. The molecule has 0 radical (unpaired) electrons. The van der Waals surface area contributed by atoms with Gasteiger partial charge in [0.1, 0.15) is 12.4 Å². The zero-order valence-corrected chi connectivity index (χ0v) is 13.2. The third kappa shape index (κ3) is 3.03. The van der Waals surface area contributed by atoms with Crippen molar-refractivity contribution in [1.82, 2.24) is 19.7 Å². The molecule has 5 nitrogen and oxygen atoms in total. The molecule has 5 heteroatoms. The maximum absolute atomic E-state index is 12.6. The van der Waals surface area contributed by atoms with E-state index < -0.39 is 0 Å². The Kier molecular flexibility index (Phi) is 4.22. The van der Waals surface area contributed by atoms with Gasteiger partial charge in [0.25, 0.3) is 0 Å². The molecule has 1 unspecified atom stereocenters. The number of benzene rings is 1. The molecule has 1 aliphatic heterocycles. The fourth-order valence-electron chi connectivity index (χ4n) is 3.05. The van der Waals surface area contributed by atoms with E-state index in [1.807, 2.05) is 42.2 Å². The maximum atomic E-state index is 12.6. The first-order valence-corrected chi connectivity index (χ1v) is 7.91. The van der Waals surface area contributed by atoms with Gasteiger partial charge in [0, 0.05) is 18.2 Å². The van der Waals surface area contributed by atoms with Crippen molar-refractivity contribution < 1.29 is 4.79 Å². The van der Waals surface area contributed by atoms with Gasteiger partial charge in [-0.1, -0.05) is 30.3 Å². The number of hydrogen-bond acceptors (Lipinski definition) is 3. The number of carbonyl (C=O) groups is 1. The molecule has 0 bridgehead atoms. The third-order valence-corrected chi connectivity index (χ3v) is 4.22. The lowest BCUT2D eigenvalue weighted by atomic mass is 10.0. The fourth-order valence-corrected chi connectivity index (χ4v) is 3.05. The second-order valence-corrected chi connectivity index (χ2v) is 5.94. The van der Waals surface area contributed by atoms with Crippen LogP contribution < -0.4 is 0 Å². The molecule has 1 aromatic carbocycles. The summed E-state index contributed by atoms with van der Waals surface area (Å²) in [5, 5.41) is 4.40. The first-order chi connectivity index (χ1) is 10.6. The molecule has 3 rings (SSSR count). The van der Waals surface area contributed by atoms with Gasteiger partial charge in [0.15, 0.2) is 5.82 Å². The Balaban J connectivity index is 1.82. The number of hydrogen-bond donors (Lipinski definition) is 0. The van der Waals surface area contributed by atoms with Crippen LogP contribution >= 0.6 is 0 Å². The smallest absolute Gasteiger partial charge is 0.244 e. The average Bonchev–Trinajstić information content (AvgIpc) is 2.89. The molecule has 1 amide bonds. The van der Waals surface area contributed by atoms with Gasteiger partial charge in [-0.25, -0.2) is 9.67 Å². The molecule has 1 saturated heterocycles. The highest BCUT2D eigenvalue weighted by Gasteiger charge is 2.24. The van der Waals surface area contributed by atoms with Crippen molar-refractivity contribution in [3.05, 3.63) is 36.2 Å². The summed E-state index contributed by atoms with van der Waals surface area (Å²) in [7, 11) is 0. The fraction of sp³-hybridized carbons (Fsp3) is 0.471. The van der Waals surface area contributed by atoms with Crippen LogP contribution in [0, 0.1) is 6.92 Å². The lowest BCUT2D eigenvalue weighted by molar-refractivity contribution is -0.135. The molecule has 0 aliphatic carbocycles. The summed E-state index contributed by atoms with van der Waals surface area (Å²) in [5.41, 5.74) is 0.989. The topological polar surface area (TPSA) is 51.0 Å². The minimum Gasteiger partial charge on any atom is -0.338 e. The Morgan fingerprint density at radius 3 is 2.77 bits per heavy atom. The molecule has 2 heterocycles. The SMILES string of the molecule is Cc1nc(-c2ccccc2)n(CC(=O)N2CCCCC2C)n1. The Bertz CT molecular complexity index is 650. The molecule has 0 saturated carbocycles. The molecule has 22 heavy (non-hydrogen) atoms. The number of rotatable bonds is 3. The Morgan fingerprint density at radius 2 is 2.05 bits per heavy atom. The lowest BCUT2D eigenvalue weighted by Gasteiger charge is -2.33. The van der Waals surface area contributed by atoms with Crippen molar-refractivity contribution in [2.24, 2.45) is 0 Å². The van der Waals surface area contributed by atoms with E-state index in [0.717, 1.165) is 30.8 Å². The van der Waals surface area contributed by atoms with E-state index >= 15 is 0 Å². The van der Waals surface area contributed by atoms with Crippen LogP contribution in [0.4, 0.5) is 0 Å². The van der Waals surface area contributed by atoms with Gasteiger partial charge < -0.3 is 4.90 Å². The number of carbonyl (C=O) groups excluding carboxylic acids is 1. The van der Waals surface area contributed by atoms with Gasteiger partial charge in [-0.05, 0) is 33.1 Å². The first kappa shape index (κ1) is 14.8. The first-order valence-electron chi connectivity index (χ1n) is 7.91. The molecular formula is C17H22N4O. The van der Waals surface area contributed by atoms with Crippen LogP contribution in [-0.4, -0.2) is 38.2 Å². The van der Waals surface area contributed by atoms with E-state index in [4.69, 9.17) is 0 Å². The minimum atomic E-state index is 0.134. The van der Waals surface area contributed by atoms with Crippen LogP contribution in [0.5, 0.6) is 0 Å². The second-order valence-electron chi connectivity index (χ2n) is 5.94. The highest BCUT2D eigenvalue weighted by molar-refractivity contribution is 5.77. The minimum absolute atomic E-state index is 0.134. The molecule has 1 aliphatic rings. The Labute approximate surface area is 131 Å². The van der Waals surface area contributed by atoms with Gasteiger partial charge >= 0.3 is 0 Å². The molecule has 1 atom stereocenters. The molecule has 2 aromatic rings. The van der Waals surface area contributed by atoms with Gasteiger partial charge in [-0.2, -0.15) is 5.10 Å². The van der Waals surface area contributed by atoms with Crippen molar-refractivity contribution in [2.45, 2.75) is 45.7 Å². The highest BCUT2D eigenvalue weighted by Crippen LogP contribution is 2.19. The van der Waals surface area contributed by atoms with Gasteiger partial charge in [0.05, 0.1) is 0 Å². The van der Waals surface area contributed by atoms with E-state index in [9.17, 15) is 4.79 Å². The normalized spacial score (nSPS) is 18.5. The van der Waals surface area contributed by atoms with Crippen LogP contribution in [0.2, 0.25) is 0 Å². The van der Waals surface area contributed by atoms with E-state index in [1.165, 1.54) is 6.42 Å². The Morgan fingerprint density at radius 1 is 1.27 bits per heavy atom. The molecule has 0 N–H and O–H groups in total. The quantitative estimate of drug-likeness (QED) is 0.875. The van der Waals surface area contributed by atoms with E-state index in [-0.39, 0.29) is 12.5 Å². The van der Waals surface area contributed by atoms with E-state index in [2.05, 4.69) is 17.0 Å². The molecule has 1 fully saturated rings. The predicted molar refractivity (Wildman–Crippen MR) is 85.2 cm³/mol. The summed E-state index contributed by atoms with van der Waals surface area (Å²) >= 11 is 0. The van der Waals surface area contributed by atoms with Crippen molar-refractivity contribution in [3.63, 3.8) is 0 Å². The number of amides is 1. The molecule has 0 spiro atoms. The lowest BCUT2D eigenvalue weighted by Crippen LogP contribution is -2.43. The second kappa shape index (κ2) is 6.30. The standard InChI is InChI=1S/C17H22N4O/c1-13-8-6-7-11-20(13)16(22)12-21-17(18-14(2)19-21)15-9-4-3-5-10-15/h3-5,9-10,13H,6-8,11-12H2,1-2H3. The Hall–Kier alpha value is -2.17. The largest absolute Gasteiger partial charge is 0.338 e. The third-order valence-electron chi connectivity index (χ3n) is 4.22. The summed E-state index contributed by atoms with van der Waals surface area (Å²) < 4.78 is 1.73. The van der Waals surface area contributed by atoms with Crippen LogP contribution in [0.3, 0.4) is 0 Å². The average molecular weight is 298 g/mol. The predicted octanol–water partition coefficient (Wildman–Crippen LogP) is 2.65. The zero-order chi connectivity index (χ0) is 15.5. The molecular weight excluding hydrogens is 276 g/mol. The zero-order valence-electron chi connectivity index (χ0n) is 13.2. The highest BCUT2D eigenvalue weighted by atomic mass is 16.2. The maximum Gasteiger partial charge on any atom is 0.244 e. The number of nitrogens with zero attached hydrogens (tertiary/aromatic N) is 4. The van der Waals surface area contributed by atoms with Crippen molar-refractivity contribution in [1.29, 1.82) is 0 Å². The molecule has 116 valence electrons. The van der Waals surface area contributed by atoms with Crippen molar-refractivity contribution in [3.8, 4) is 11.4 Å². The van der Waals surface area contributed by atoms with Crippen LogP contribution in [0.15, 0.2) is 30.3 Å². The van der Waals surface area contributed by atoms with Crippen LogP contribution in [-0.2, 0) is 11.3 Å². The monoisotopic (exact) mass is 298 g/mol. The number of likely N-dealkylation sites (tertiary alicyclic amines) is 1. The van der Waals surface area contributed by atoms with Crippen molar-refractivity contribution >= 4 is 5.91 Å². The van der Waals surface area contributed by atoms with Crippen molar-refractivity contribution in [2.75, 3.05) is 6.54 Å². The summed E-state index contributed by atoms with van der Waals surface area (Å²) in [6.45, 7) is 5.10. The summed E-state index contributed by atoms with van der Waals surface area (Å²) in [4.78, 5) is 19.1. The van der Waals surface area contributed by atoms with E-state index in [0.29, 0.717) is 11.9 Å². The summed E-state index contributed by atoms with van der Waals surface area (Å²) in [5.74, 6) is 1.59. The summed E-state index contributed by atoms with van der Waals surface area (Å²) in [6.07, 6.45) is 3.40. The van der Waals surface area contributed by atoms with Gasteiger partial charge in [0.2, 0.25) is 5.91 Å². The molecule has 1 aromatic heterocycles.